The van der Waals surface area contributed by atoms with Gasteiger partial charge in [0.25, 0.3) is 0 Å². The molecular weight excluding hydrogens is 556 g/mol. The maximum Gasteiger partial charge on any atom is 0.451 e. The summed E-state index contributed by atoms with van der Waals surface area (Å²) < 4.78 is 75.8. The molecule has 0 saturated carbocycles. The Morgan fingerprint density at radius 2 is 1.43 bits per heavy atom. The monoisotopic (exact) mass is 574 g/mol. The fraction of sp³-hybridized carbons (Fsp3) is 0.111. The van der Waals surface area contributed by atoms with Crippen LogP contribution in [0.1, 0.15) is 26.5 Å². The van der Waals surface area contributed by atoms with Crippen LogP contribution in [0.25, 0.3) is 22.4 Å². The van der Waals surface area contributed by atoms with Gasteiger partial charge in [0.1, 0.15) is 5.82 Å². The number of thiol groups is 1. The average Bonchev–Trinajstić information content (AvgIpc) is 2.96. The van der Waals surface area contributed by atoms with Crippen LogP contribution in [0.2, 0.25) is 0 Å². The van der Waals surface area contributed by atoms with E-state index in [4.69, 9.17) is 9.47 Å². The molecule has 3 aromatic carbocycles. The maximum atomic E-state index is 14.0. The number of esters is 1. The molecule has 0 saturated heterocycles. The van der Waals surface area contributed by atoms with E-state index in [0.717, 1.165) is 12.1 Å². The van der Waals surface area contributed by atoms with Crippen molar-refractivity contribution in [3.63, 3.8) is 0 Å². The first kappa shape index (κ1) is 28.4. The molecule has 4 rings (SSSR count). The van der Waals surface area contributed by atoms with E-state index in [0.29, 0.717) is 0 Å². The predicted molar refractivity (Wildman–Crippen MR) is 137 cm³/mol. The molecule has 0 aliphatic rings. The van der Waals surface area contributed by atoms with Gasteiger partial charge in [-0.1, -0.05) is 24.3 Å². The molecular formula is C27H18F4N2O6S. The number of aromatic nitrogens is 2. The fourth-order valence-corrected chi connectivity index (χ4v) is 3.75. The zero-order chi connectivity index (χ0) is 29.0. The van der Waals surface area contributed by atoms with Crippen LogP contribution in [0.15, 0.2) is 66.7 Å². The van der Waals surface area contributed by atoms with Crippen molar-refractivity contribution in [1.82, 2.24) is 9.97 Å². The van der Waals surface area contributed by atoms with Crippen LogP contribution in [-0.4, -0.2) is 36.1 Å². The first-order valence-corrected chi connectivity index (χ1v) is 11.6. The average molecular weight is 575 g/mol. The van der Waals surface area contributed by atoms with Gasteiger partial charge in [-0.15, -0.1) is 0 Å². The number of benzene rings is 3. The number of alkyl halides is 3. The molecule has 206 valence electrons. The molecule has 0 aliphatic heterocycles. The number of carbonyl (C=O) groups excluding carboxylic acids is 2. The highest BCUT2D eigenvalue weighted by atomic mass is 32.1. The SMILES string of the molecule is COC(=O)c1ccc(Oc2nc(C(F)(F)F)nc(-c3ccc(C(=O)OS)cc3)c2-c2ccc(F)cc2)c(OC)c1. The van der Waals surface area contributed by atoms with Crippen molar-refractivity contribution < 1.29 is 45.5 Å². The molecule has 8 nitrogen and oxygen atoms in total. The predicted octanol–water partition coefficient (Wildman–Crippen LogP) is 6.56. The molecule has 0 bridgehead atoms. The van der Waals surface area contributed by atoms with Crippen LogP contribution in [0.3, 0.4) is 0 Å². The van der Waals surface area contributed by atoms with Crippen molar-refractivity contribution in [1.29, 1.82) is 0 Å². The lowest BCUT2D eigenvalue weighted by Crippen LogP contribution is -2.13. The maximum absolute atomic E-state index is 14.0. The number of rotatable bonds is 7. The van der Waals surface area contributed by atoms with E-state index in [1.807, 2.05) is 0 Å². The smallest absolute Gasteiger partial charge is 0.451 e. The Kier molecular flexibility index (Phi) is 8.24. The molecule has 0 spiro atoms. The van der Waals surface area contributed by atoms with Crippen LogP contribution in [0.5, 0.6) is 17.4 Å². The summed E-state index contributed by atoms with van der Waals surface area (Å²) in [6, 6.07) is 14.1. The Balaban J connectivity index is 1.97. The minimum absolute atomic E-state index is 0.00343. The minimum atomic E-state index is -4.98. The molecule has 1 heterocycles. The molecule has 1 aromatic heterocycles. The van der Waals surface area contributed by atoms with E-state index in [-0.39, 0.29) is 45.0 Å². The summed E-state index contributed by atoms with van der Waals surface area (Å²) in [5, 5.41) is 0. The first-order valence-electron chi connectivity index (χ1n) is 11.2. The Bertz CT molecular complexity index is 1560. The molecule has 0 radical (unpaired) electrons. The molecule has 13 heteroatoms. The summed E-state index contributed by atoms with van der Waals surface area (Å²) >= 11 is 3.46. The number of methoxy groups -OCH3 is 2. The van der Waals surface area contributed by atoms with Crippen LogP contribution < -0.4 is 9.47 Å². The van der Waals surface area contributed by atoms with Crippen molar-refractivity contribution in [3.05, 3.63) is 89.5 Å². The Hall–Kier alpha value is -4.65. The number of hydrogen-bond acceptors (Lipinski definition) is 9. The third kappa shape index (κ3) is 5.99. The largest absolute Gasteiger partial charge is 0.493 e. The fourth-order valence-electron chi connectivity index (χ4n) is 3.64. The molecule has 0 unspecified atom stereocenters. The van der Waals surface area contributed by atoms with E-state index in [9.17, 15) is 27.2 Å². The zero-order valence-corrected chi connectivity index (χ0v) is 21.5. The van der Waals surface area contributed by atoms with E-state index >= 15 is 0 Å². The van der Waals surface area contributed by atoms with Crippen LogP contribution in [0, 0.1) is 5.82 Å². The summed E-state index contributed by atoms with van der Waals surface area (Å²) in [4.78, 5) is 31.1. The van der Waals surface area contributed by atoms with Crippen LogP contribution in [-0.2, 0) is 15.1 Å². The van der Waals surface area contributed by atoms with Crippen molar-refractivity contribution >= 4 is 24.8 Å². The van der Waals surface area contributed by atoms with E-state index < -0.39 is 35.6 Å². The van der Waals surface area contributed by atoms with Gasteiger partial charge in [-0.3, -0.25) is 0 Å². The second-order valence-electron chi connectivity index (χ2n) is 8.00. The molecule has 0 N–H and O–H groups in total. The van der Waals surface area contributed by atoms with Gasteiger partial charge in [-0.2, -0.15) is 18.2 Å². The van der Waals surface area contributed by atoms with Gasteiger partial charge in [-0.25, -0.2) is 19.0 Å². The third-order valence-corrected chi connectivity index (χ3v) is 5.70. The second-order valence-corrected chi connectivity index (χ2v) is 8.18. The van der Waals surface area contributed by atoms with E-state index in [1.54, 1.807) is 0 Å². The second kappa shape index (κ2) is 11.6. The first-order chi connectivity index (χ1) is 19.0. The number of hydrogen-bond donors (Lipinski definition) is 1. The lowest BCUT2D eigenvalue weighted by atomic mass is 9.99. The van der Waals surface area contributed by atoms with Gasteiger partial charge < -0.3 is 18.4 Å². The normalized spacial score (nSPS) is 11.1. The van der Waals surface area contributed by atoms with E-state index in [1.165, 1.54) is 68.8 Å². The van der Waals surface area contributed by atoms with Gasteiger partial charge >= 0.3 is 18.1 Å². The van der Waals surface area contributed by atoms with Crippen molar-refractivity contribution in [2.45, 2.75) is 6.18 Å². The molecule has 4 aromatic rings. The molecule has 0 atom stereocenters. The highest BCUT2D eigenvalue weighted by Crippen LogP contribution is 2.43. The number of ether oxygens (including phenoxy) is 3. The molecule has 0 amide bonds. The Labute approximate surface area is 230 Å². The van der Waals surface area contributed by atoms with Gasteiger partial charge in [-0.05, 0) is 48.0 Å². The third-order valence-electron chi connectivity index (χ3n) is 5.53. The van der Waals surface area contributed by atoms with Crippen molar-refractivity contribution in [2.24, 2.45) is 0 Å². The number of nitrogens with zero attached hydrogens (tertiary/aromatic N) is 2. The van der Waals surface area contributed by atoms with Gasteiger partial charge in [0.2, 0.25) is 11.7 Å². The minimum Gasteiger partial charge on any atom is -0.493 e. The lowest BCUT2D eigenvalue weighted by molar-refractivity contribution is -0.145. The molecule has 0 fully saturated rings. The zero-order valence-electron chi connectivity index (χ0n) is 20.7. The quantitative estimate of drug-likeness (QED) is 0.115. The molecule has 40 heavy (non-hydrogen) atoms. The van der Waals surface area contributed by atoms with Crippen LogP contribution in [0.4, 0.5) is 17.6 Å². The lowest BCUT2D eigenvalue weighted by Gasteiger charge is -2.18. The van der Waals surface area contributed by atoms with Crippen molar-refractivity contribution in [3.8, 4) is 39.8 Å². The topological polar surface area (TPSA) is 96.8 Å². The summed E-state index contributed by atoms with van der Waals surface area (Å²) in [6.45, 7) is 0. The summed E-state index contributed by atoms with van der Waals surface area (Å²) in [5.74, 6) is -4.18. The number of halogens is 4. The van der Waals surface area contributed by atoms with Gasteiger partial charge in [0, 0.05) is 18.5 Å². The Morgan fingerprint density at radius 1 is 0.800 bits per heavy atom. The van der Waals surface area contributed by atoms with Gasteiger partial charge in [0.15, 0.2) is 11.5 Å². The standard InChI is InChI=1S/C27H18F4N2O6S/c1-36-20-13-17(24(34)37-2)9-12-19(20)38-23-21(14-7-10-18(28)11-8-14)22(32-26(33-23)27(29,30)31)15-3-5-16(6-4-15)25(35)39-40/h3-13,40H,1-2H3. The summed E-state index contributed by atoms with van der Waals surface area (Å²) in [7, 11) is 2.46. The highest BCUT2D eigenvalue weighted by Gasteiger charge is 2.37. The van der Waals surface area contributed by atoms with Gasteiger partial charge in [0.05, 0.1) is 36.6 Å². The molecule has 0 aliphatic carbocycles. The Morgan fingerprint density at radius 3 is 2.00 bits per heavy atom. The summed E-state index contributed by atoms with van der Waals surface area (Å²) in [6.07, 6.45) is -4.98. The van der Waals surface area contributed by atoms with E-state index in [2.05, 4.69) is 31.8 Å². The van der Waals surface area contributed by atoms with Crippen molar-refractivity contribution in [2.75, 3.05) is 14.2 Å². The van der Waals surface area contributed by atoms with Crippen LogP contribution >= 0.6 is 12.9 Å². The summed E-state index contributed by atoms with van der Waals surface area (Å²) in [5.41, 5.74) is 0.324. The number of carbonyl (C=O) groups is 2. The highest BCUT2D eigenvalue weighted by molar-refractivity contribution is 7.75.